The fourth-order valence-electron chi connectivity index (χ4n) is 2.96. The fraction of sp³-hybridized carbons (Fsp3) is 0.438. The summed E-state index contributed by atoms with van der Waals surface area (Å²) in [4.78, 5) is 4.33. The van der Waals surface area contributed by atoms with E-state index in [1.54, 1.807) is 0 Å². The van der Waals surface area contributed by atoms with Crippen LogP contribution in [-0.4, -0.2) is 24.7 Å². The van der Waals surface area contributed by atoms with Crippen molar-refractivity contribution in [3.63, 3.8) is 0 Å². The van der Waals surface area contributed by atoms with Crippen LogP contribution in [0.15, 0.2) is 36.5 Å². The molecule has 2 atom stereocenters. The Labute approximate surface area is 114 Å². The van der Waals surface area contributed by atoms with E-state index in [9.17, 15) is 0 Å². The maximum absolute atomic E-state index is 6.18. The molecule has 1 aliphatic rings. The van der Waals surface area contributed by atoms with Gasteiger partial charge in [0.05, 0.1) is 5.52 Å². The summed E-state index contributed by atoms with van der Waals surface area (Å²) < 4.78 is 6.18. The summed E-state index contributed by atoms with van der Waals surface area (Å²) >= 11 is 0. The summed E-state index contributed by atoms with van der Waals surface area (Å²) in [5.41, 5.74) is 1.02. The van der Waals surface area contributed by atoms with E-state index >= 15 is 0 Å². The van der Waals surface area contributed by atoms with Gasteiger partial charge in [0.1, 0.15) is 11.9 Å². The van der Waals surface area contributed by atoms with Crippen molar-refractivity contribution < 1.29 is 4.74 Å². The van der Waals surface area contributed by atoms with Gasteiger partial charge in [0.2, 0.25) is 0 Å². The Bertz CT molecular complexity index is 555. The van der Waals surface area contributed by atoms with E-state index in [0.29, 0.717) is 12.0 Å². The number of rotatable bonds is 4. The Kier molecular flexibility index (Phi) is 3.65. The third kappa shape index (κ3) is 2.71. The third-order valence-electron chi connectivity index (χ3n) is 3.92. The van der Waals surface area contributed by atoms with Gasteiger partial charge in [-0.2, -0.15) is 0 Å². The maximum Gasteiger partial charge on any atom is 0.120 e. The average Bonchev–Trinajstić information content (AvgIpc) is 2.86. The van der Waals surface area contributed by atoms with Crippen molar-refractivity contribution in [3.05, 3.63) is 36.5 Å². The molecule has 100 valence electrons. The quantitative estimate of drug-likeness (QED) is 0.913. The van der Waals surface area contributed by atoms with Gasteiger partial charge in [-0.25, -0.2) is 0 Å². The lowest BCUT2D eigenvalue weighted by atomic mass is 10.1. The second kappa shape index (κ2) is 5.57. The van der Waals surface area contributed by atoms with E-state index in [2.05, 4.69) is 22.4 Å². The molecule has 1 aromatic carbocycles. The monoisotopic (exact) mass is 256 g/mol. The molecule has 1 saturated carbocycles. The summed E-state index contributed by atoms with van der Waals surface area (Å²) in [5.74, 6) is 1.60. The molecule has 1 fully saturated rings. The smallest absolute Gasteiger partial charge is 0.120 e. The van der Waals surface area contributed by atoms with Gasteiger partial charge in [0, 0.05) is 24.0 Å². The van der Waals surface area contributed by atoms with Gasteiger partial charge >= 0.3 is 0 Å². The van der Waals surface area contributed by atoms with Crippen molar-refractivity contribution in [2.45, 2.75) is 25.4 Å². The van der Waals surface area contributed by atoms with E-state index in [0.717, 1.165) is 29.6 Å². The molecule has 0 aliphatic heterocycles. The molecular formula is C16H20N2O. The van der Waals surface area contributed by atoms with Crippen molar-refractivity contribution in [1.82, 2.24) is 10.3 Å². The SMILES string of the molecule is CNCC1CCCC1Oc1ccc2ncccc2c1. The van der Waals surface area contributed by atoms with E-state index in [1.165, 1.54) is 12.8 Å². The highest BCUT2D eigenvalue weighted by Gasteiger charge is 2.28. The zero-order valence-corrected chi connectivity index (χ0v) is 11.3. The number of hydrogen-bond donors (Lipinski definition) is 1. The molecule has 0 bridgehead atoms. The van der Waals surface area contributed by atoms with Crippen LogP contribution >= 0.6 is 0 Å². The van der Waals surface area contributed by atoms with Gasteiger partial charge in [-0.3, -0.25) is 4.98 Å². The summed E-state index contributed by atoms with van der Waals surface area (Å²) in [6, 6.07) is 10.2. The molecule has 2 aromatic rings. The van der Waals surface area contributed by atoms with Gasteiger partial charge in [-0.15, -0.1) is 0 Å². The number of fused-ring (bicyclic) bond motifs is 1. The highest BCUT2D eigenvalue weighted by atomic mass is 16.5. The molecule has 1 aliphatic carbocycles. The molecule has 3 rings (SSSR count). The fourth-order valence-corrected chi connectivity index (χ4v) is 2.96. The molecule has 0 saturated heterocycles. The Morgan fingerprint density at radius 1 is 1.32 bits per heavy atom. The number of benzene rings is 1. The first-order valence-corrected chi connectivity index (χ1v) is 7.03. The van der Waals surface area contributed by atoms with Crippen molar-refractivity contribution in [3.8, 4) is 5.75 Å². The van der Waals surface area contributed by atoms with Crippen LogP contribution in [0.3, 0.4) is 0 Å². The minimum absolute atomic E-state index is 0.349. The summed E-state index contributed by atoms with van der Waals surface area (Å²) in [5, 5.41) is 4.41. The number of nitrogens with zero attached hydrogens (tertiary/aromatic N) is 1. The van der Waals surface area contributed by atoms with Crippen molar-refractivity contribution in [1.29, 1.82) is 0 Å². The van der Waals surface area contributed by atoms with Crippen molar-refractivity contribution >= 4 is 10.9 Å². The number of aromatic nitrogens is 1. The minimum atomic E-state index is 0.349. The van der Waals surface area contributed by atoms with Crippen LogP contribution in [0.2, 0.25) is 0 Å². The molecule has 3 nitrogen and oxygen atoms in total. The zero-order valence-electron chi connectivity index (χ0n) is 11.3. The molecule has 0 amide bonds. The highest BCUT2D eigenvalue weighted by molar-refractivity contribution is 5.79. The zero-order chi connectivity index (χ0) is 13.1. The van der Waals surface area contributed by atoms with E-state index in [4.69, 9.17) is 4.74 Å². The van der Waals surface area contributed by atoms with Gasteiger partial charge < -0.3 is 10.1 Å². The summed E-state index contributed by atoms with van der Waals surface area (Å²) in [6.45, 7) is 1.04. The van der Waals surface area contributed by atoms with E-state index in [-0.39, 0.29) is 0 Å². The largest absolute Gasteiger partial charge is 0.490 e. The first-order valence-electron chi connectivity index (χ1n) is 7.03. The van der Waals surface area contributed by atoms with Crippen LogP contribution in [0.5, 0.6) is 5.75 Å². The second-order valence-corrected chi connectivity index (χ2v) is 5.26. The maximum atomic E-state index is 6.18. The van der Waals surface area contributed by atoms with Gasteiger partial charge in [0.15, 0.2) is 0 Å². The Hall–Kier alpha value is -1.61. The van der Waals surface area contributed by atoms with Gasteiger partial charge in [-0.1, -0.05) is 6.07 Å². The molecular weight excluding hydrogens is 236 g/mol. The molecule has 1 aromatic heterocycles. The van der Waals surface area contributed by atoms with Crippen LogP contribution < -0.4 is 10.1 Å². The van der Waals surface area contributed by atoms with Gasteiger partial charge in [0.25, 0.3) is 0 Å². The number of pyridine rings is 1. The van der Waals surface area contributed by atoms with Crippen LogP contribution in [0, 0.1) is 5.92 Å². The highest BCUT2D eigenvalue weighted by Crippen LogP contribution is 2.30. The molecule has 2 unspecified atom stereocenters. The van der Waals surface area contributed by atoms with E-state index in [1.807, 2.05) is 31.4 Å². The first-order chi connectivity index (χ1) is 9.36. The van der Waals surface area contributed by atoms with Gasteiger partial charge in [-0.05, 0) is 50.6 Å². The molecule has 1 N–H and O–H groups in total. The molecule has 1 heterocycles. The topological polar surface area (TPSA) is 34.1 Å². The lowest BCUT2D eigenvalue weighted by Crippen LogP contribution is -2.29. The molecule has 19 heavy (non-hydrogen) atoms. The average molecular weight is 256 g/mol. The first kappa shape index (κ1) is 12.4. The van der Waals surface area contributed by atoms with Crippen LogP contribution in [0.1, 0.15) is 19.3 Å². The summed E-state index contributed by atoms with van der Waals surface area (Å²) in [7, 11) is 2.01. The number of nitrogens with one attached hydrogen (secondary N) is 1. The van der Waals surface area contributed by atoms with Crippen molar-refractivity contribution in [2.24, 2.45) is 5.92 Å². The Balaban J connectivity index is 1.77. The second-order valence-electron chi connectivity index (χ2n) is 5.26. The number of hydrogen-bond acceptors (Lipinski definition) is 3. The lowest BCUT2D eigenvalue weighted by molar-refractivity contribution is 0.158. The molecule has 0 radical (unpaired) electrons. The van der Waals surface area contributed by atoms with Crippen LogP contribution in [0.4, 0.5) is 0 Å². The number of ether oxygens (including phenoxy) is 1. The lowest BCUT2D eigenvalue weighted by Gasteiger charge is -2.21. The summed E-state index contributed by atoms with van der Waals surface area (Å²) in [6.07, 6.45) is 5.87. The predicted octanol–water partition coefficient (Wildman–Crippen LogP) is 3.00. The standard InChI is InChI=1S/C16H20N2O/c1-17-11-13-4-2-6-16(13)19-14-7-8-15-12(10-14)5-3-9-18-15/h3,5,7-10,13,16-17H,2,4,6,11H2,1H3. The van der Waals surface area contributed by atoms with E-state index < -0.39 is 0 Å². The third-order valence-corrected chi connectivity index (χ3v) is 3.92. The minimum Gasteiger partial charge on any atom is -0.490 e. The molecule has 3 heteroatoms. The predicted molar refractivity (Wildman–Crippen MR) is 77.4 cm³/mol. The van der Waals surface area contributed by atoms with Crippen LogP contribution in [0.25, 0.3) is 10.9 Å². The molecule has 0 spiro atoms. The van der Waals surface area contributed by atoms with Crippen molar-refractivity contribution in [2.75, 3.05) is 13.6 Å². The van der Waals surface area contributed by atoms with Crippen LogP contribution in [-0.2, 0) is 0 Å². The Morgan fingerprint density at radius 2 is 2.26 bits per heavy atom. The Morgan fingerprint density at radius 3 is 3.16 bits per heavy atom. The normalized spacial score (nSPS) is 22.8.